The smallest absolute Gasteiger partial charge is 0.295 e. The third-order valence-electron chi connectivity index (χ3n) is 2.78. The van der Waals surface area contributed by atoms with Crippen molar-refractivity contribution in [1.82, 2.24) is 9.97 Å². The maximum Gasteiger partial charge on any atom is 0.295 e. The summed E-state index contributed by atoms with van der Waals surface area (Å²) in [6.07, 6.45) is 2.78. The molecule has 1 aromatic rings. The SMILES string of the molecule is COc1c(NCC2CC(O)C2)nc[nH]c1=O. The Morgan fingerprint density at radius 3 is 3.06 bits per heavy atom. The molecule has 1 fully saturated rings. The first-order chi connectivity index (χ1) is 7.70. The van der Waals surface area contributed by atoms with Gasteiger partial charge in [0.2, 0.25) is 5.75 Å². The molecule has 88 valence electrons. The molecule has 1 aliphatic carbocycles. The van der Waals surface area contributed by atoms with E-state index in [1.54, 1.807) is 0 Å². The van der Waals surface area contributed by atoms with E-state index < -0.39 is 0 Å². The number of anilines is 1. The number of H-pyrrole nitrogens is 1. The molecule has 0 unspecified atom stereocenters. The Morgan fingerprint density at radius 2 is 2.44 bits per heavy atom. The van der Waals surface area contributed by atoms with Crippen LogP contribution in [0.5, 0.6) is 5.75 Å². The van der Waals surface area contributed by atoms with Gasteiger partial charge in [0.1, 0.15) is 0 Å². The summed E-state index contributed by atoms with van der Waals surface area (Å²) in [6, 6.07) is 0. The van der Waals surface area contributed by atoms with E-state index in [9.17, 15) is 4.79 Å². The van der Waals surface area contributed by atoms with Crippen molar-refractivity contribution >= 4 is 5.82 Å². The van der Waals surface area contributed by atoms with Crippen LogP contribution < -0.4 is 15.6 Å². The molecular weight excluding hydrogens is 210 g/mol. The van der Waals surface area contributed by atoms with Gasteiger partial charge < -0.3 is 20.1 Å². The second kappa shape index (κ2) is 4.52. The Kier molecular flexibility index (Phi) is 3.09. The van der Waals surface area contributed by atoms with E-state index in [1.807, 2.05) is 0 Å². The first-order valence-electron chi connectivity index (χ1n) is 5.24. The number of methoxy groups -OCH3 is 1. The Labute approximate surface area is 92.7 Å². The lowest BCUT2D eigenvalue weighted by Gasteiger charge is -2.31. The molecule has 1 aromatic heterocycles. The number of aromatic amines is 1. The number of nitrogens with zero attached hydrogens (tertiary/aromatic N) is 1. The van der Waals surface area contributed by atoms with E-state index in [2.05, 4.69) is 15.3 Å². The van der Waals surface area contributed by atoms with Crippen molar-refractivity contribution in [1.29, 1.82) is 0 Å². The highest BCUT2D eigenvalue weighted by atomic mass is 16.5. The minimum Gasteiger partial charge on any atom is -0.489 e. The van der Waals surface area contributed by atoms with Crippen LogP contribution in [0.2, 0.25) is 0 Å². The van der Waals surface area contributed by atoms with Gasteiger partial charge in [0.25, 0.3) is 5.56 Å². The topological polar surface area (TPSA) is 87.2 Å². The molecule has 0 spiro atoms. The lowest BCUT2D eigenvalue weighted by molar-refractivity contribution is 0.0486. The molecule has 1 aliphatic rings. The fourth-order valence-corrected chi connectivity index (χ4v) is 1.81. The number of rotatable bonds is 4. The molecule has 16 heavy (non-hydrogen) atoms. The standard InChI is InChI=1S/C10H15N3O3/c1-16-8-9(12-5-13-10(8)15)11-4-6-2-7(14)3-6/h5-7,14H,2-4H2,1H3,(H2,11,12,13,15). The highest BCUT2D eigenvalue weighted by molar-refractivity contribution is 5.47. The molecule has 2 rings (SSSR count). The van der Waals surface area contributed by atoms with Crippen molar-refractivity contribution in [2.75, 3.05) is 19.0 Å². The molecule has 0 amide bonds. The van der Waals surface area contributed by atoms with Crippen molar-refractivity contribution in [3.8, 4) is 5.75 Å². The van der Waals surface area contributed by atoms with Crippen LogP contribution in [0.1, 0.15) is 12.8 Å². The van der Waals surface area contributed by atoms with Gasteiger partial charge >= 0.3 is 0 Å². The number of aliphatic hydroxyl groups is 1. The number of hydrogen-bond donors (Lipinski definition) is 3. The zero-order valence-corrected chi connectivity index (χ0v) is 9.06. The van der Waals surface area contributed by atoms with Gasteiger partial charge in [-0.05, 0) is 18.8 Å². The maximum absolute atomic E-state index is 11.4. The molecule has 0 bridgehead atoms. The Bertz CT molecular complexity index is 412. The average molecular weight is 225 g/mol. The van der Waals surface area contributed by atoms with Gasteiger partial charge in [-0.3, -0.25) is 4.79 Å². The molecule has 6 nitrogen and oxygen atoms in total. The molecule has 1 saturated carbocycles. The van der Waals surface area contributed by atoms with Crippen molar-refractivity contribution in [3.05, 3.63) is 16.7 Å². The molecule has 6 heteroatoms. The van der Waals surface area contributed by atoms with E-state index >= 15 is 0 Å². The largest absolute Gasteiger partial charge is 0.489 e. The predicted molar refractivity (Wildman–Crippen MR) is 58.6 cm³/mol. The summed E-state index contributed by atoms with van der Waals surface area (Å²) in [6.45, 7) is 0.698. The second-order valence-electron chi connectivity index (χ2n) is 3.99. The fraction of sp³-hybridized carbons (Fsp3) is 0.600. The van der Waals surface area contributed by atoms with Gasteiger partial charge in [-0.25, -0.2) is 4.98 Å². The van der Waals surface area contributed by atoms with Crippen LogP contribution in [0, 0.1) is 5.92 Å². The van der Waals surface area contributed by atoms with Crippen LogP contribution in [-0.4, -0.2) is 34.8 Å². The van der Waals surface area contributed by atoms with Gasteiger partial charge in [-0.15, -0.1) is 0 Å². The van der Waals surface area contributed by atoms with E-state index in [-0.39, 0.29) is 17.4 Å². The fourth-order valence-electron chi connectivity index (χ4n) is 1.81. The Balaban J connectivity index is 1.98. The number of hydrogen-bond acceptors (Lipinski definition) is 5. The highest BCUT2D eigenvalue weighted by Crippen LogP contribution is 2.27. The summed E-state index contributed by atoms with van der Waals surface area (Å²) >= 11 is 0. The third-order valence-corrected chi connectivity index (χ3v) is 2.78. The first-order valence-corrected chi connectivity index (χ1v) is 5.24. The second-order valence-corrected chi connectivity index (χ2v) is 3.99. The van der Waals surface area contributed by atoms with Crippen LogP contribution >= 0.6 is 0 Å². The van der Waals surface area contributed by atoms with Gasteiger partial charge in [0.15, 0.2) is 5.82 Å². The molecule has 0 atom stereocenters. The summed E-state index contributed by atoms with van der Waals surface area (Å²) in [4.78, 5) is 17.8. The quantitative estimate of drug-likeness (QED) is 0.669. The minimum absolute atomic E-state index is 0.166. The third kappa shape index (κ3) is 2.16. The van der Waals surface area contributed by atoms with Crippen molar-refractivity contribution in [2.45, 2.75) is 18.9 Å². The van der Waals surface area contributed by atoms with Gasteiger partial charge in [0.05, 0.1) is 19.5 Å². The maximum atomic E-state index is 11.4. The molecule has 0 radical (unpaired) electrons. The summed E-state index contributed by atoms with van der Waals surface area (Å²) < 4.78 is 4.96. The van der Waals surface area contributed by atoms with Crippen LogP contribution in [-0.2, 0) is 0 Å². The molecular formula is C10H15N3O3. The number of aromatic nitrogens is 2. The van der Waals surface area contributed by atoms with Crippen LogP contribution in [0.4, 0.5) is 5.82 Å². The van der Waals surface area contributed by atoms with E-state index in [4.69, 9.17) is 9.84 Å². The van der Waals surface area contributed by atoms with Crippen molar-refractivity contribution in [2.24, 2.45) is 5.92 Å². The lowest BCUT2D eigenvalue weighted by atomic mass is 9.82. The van der Waals surface area contributed by atoms with Gasteiger partial charge in [0, 0.05) is 6.54 Å². The van der Waals surface area contributed by atoms with E-state index in [0.29, 0.717) is 18.3 Å². The van der Waals surface area contributed by atoms with E-state index in [1.165, 1.54) is 13.4 Å². The van der Waals surface area contributed by atoms with E-state index in [0.717, 1.165) is 12.8 Å². The molecule has 3 N–H and O–H groups in total. The van der Waals surface area contributed by atoms with Crippen LogP contribution in [0.15, 0.2) is 11.1 Å². The number of ether oxygens (including phenoxy) is 1. The predicted octanol–water partition coefficient (Wildman–Crippen LogP) is -0.0387. The first kappa shape index (κ1) is 10.9. The van der Waals surface area contributed by atoms with Crippen molar-refractivity contribution in [3.63, 3.8) is 0 Å². The summed E-state index contributed by atoms with van der Waals surface area (Å²) in [5, 5.41) is 12.2. The zero-order valence-electron chi connectivity index (χ0n) is 9.06. The van der Waals surface area contributed by atoms with Gasteiger partial charge in [-0.1, -0.05) is 0 Å². The minimum atomic E-state index is -0.298. The van der Waals surface area contributed by atoms with Crippen LogP contribution in [0.3, 0.4) is 0 Å². The number of nitrogens with one attached hydrogen (secondary N) is 2. The zero-order chi connectivity index (χ0) is 11.5. The highest BCUT2D eigenvalue weighted by Gasteiger charge is 2.27. The molecule has 0 aromatic carbocycles. The summed E-state index contributed by atoms with van der Waals surface area (Å²) in [7, 11) is 1.44. The van der Waals surface area contributed by atoms with Crippen molar-refractivity contribution < 1.29 is 9.84 Å². The summed E-state index contributed by atoms with van der Waals surface area (Å²) in [5.41, 5.74) is -0.298. The Hall–Kier alpha value is -1.56. The lowest BCUT2D eigenvalue weighted by Crippen LogP contribution is -2.33. The normalized spacial score (nSPS) is 23.6. The molecule has 0 saturated heterocycles. The van der Waals surface area contributed by atoms with Crippen LogP contribution in [0.25, 0.3) is 0 Å². The van der Waals surface area contributed by atoms with Gasteiger partial charge in [-0.2, -0.15) is 0 Å². The monoisotopic (exact) mass is 225 g/mol. The average Bonchev–Trinajstić information content (AvgIpc) is 2.23. The molecule has 0 aliphatic heterocycles. The molecule has 1 heterocycles. The Morgan fingerprint density at radius 1 is 1.69 bits per heavy atom. The summed E-state index contributed by atoms with van der Waals surface area (Å²) in [5.74, 6) is 1.09. The number of aliphatic hydroxyl groups excluding tert-OH is 1.